The number of phenolic OH excluding ortho intramolecular Hbond substituents is 1. The minimum absolute atomic E-state index is 0.0734. The Hall–Kier alpha value is -3.91. The number of fused-ring (bicyclic) bond motifs is 2. The van der Waals surface area contributed by atoms with Gasteiger partial charge in [-0.1, -0.05) is 34.1 Å². The van der Waals surface area contributed by atoms with Gasteiger partial charge in [0.05, 0.1) is 24.2 Å². The van der Waals surface area contributed by atoms with Crippen LogP contribution in [0.1, 0.15) is 5.56 Å². The van der Waals surface area contributed by atoms with Crippen molar-refractivity contribution in [3.05, 3.63) is 87.1 Å². The van der Waals surface area contributed by atoms with Gasteiger partial charge in [0.2, 0.25) is 5.82 Å². The van der Waals surface area contributed by atoms with Crippen molar-refractivity contribution >= 4 is 44.0 Å². The first-order valence-electron chi connectivity index (χ1n) is 9.67. The second-order valence-electron chi connectivity index (χ2n) is 7.00. The summed E-state index contributed by atoms with van der Waals surface area (Å²) in [4.78, 5) is 17.9. The van der Waals surface area contributed by atoms with Crippen LogP contribution < -0.4 is 10.3 Å². The molecule has 1 N–H and O–H groups in total. The van der Waals surface area contributed by atoms with Crippen LogP contribution in [0, 0.1) is 0 Å². The molecule has 0 saturated heterocycles. The molecule has 0 amide bonds. The molecule has 0 aliphatic heterocycles. The molecule has 7 nitrogen and oxygen atoms in total. The summed E-state index contributed by atoms with van der Waals surface area (Å²) in [7, 11) is 1.46. The van der Waals surface area contributed by atoms with Gasteiger partial charge in [-0.05, 0) is 48.5 Å². The predicted octanol–water partition coefficient (Wildman–Crippen LogP) is 5.17. The molecule has 0 unspecified atom stereocenters. The molecule has 0 atom stereocenters. The van der Waals surface area contributed by atoms with E-state index in [1.54, 1.807) is 36.4 Å². The predicted molar refractivity (Wildman–Crippen MR) is 127 cm³/mol. The molecule has 8 heteroatoms. The second-order valence-corrected chi connectivity index (χ2v) is 7.92. The summed E-state index contributed by atoms with van der Waals surface area (Å²) >= 11 is 3.46. The van der Waals surface area contributed by atoms with Gasteiger partial charge < -0.3 is 14.3 Å². The van der Waals surface area contributed by atoms with E-state index in [1.807, 2.05) is 30.3 Å². The molecule has 0 radical (unpaired) electrons. The minimum Gasteiger partial charge on any atom is -0.504 e. The highest BCUT2D eigenvalue weighted by atomic mass is 79.9. The van der Waals surface area contributed by atoms with Gasteiger partial charge in [-0.3, -0.25) is 4.79 Å². The van der Waals surface area contributed by atoms with Gasteiger partial charge in [0.15, 0.2) is 17.3 Å². The lowest BCUT2D eigenvalue weighted by atomic mass is 10.2. The highest BCUT2D eigenvalue weighted by Crippen LogP contribution is 2.30. The Bertz CT molecular complexity index is 1570. The Balaban J connectivity index is 1.73. The van der Waals surface area contributed by atoms with Crippen molar-refractivity contribution < 1.29 is 14.3 Å². The van der Waals surface area contributed by atoms with E-state index in [4.69, 9.17) is 9.15 Å². The maximum atomic E-state index is 13.3. The Morgan fingerprint density at radius 3 is 2.81 bits per heavy atom. The molecule has 0 fully saturated rings. The van der Waals surface area contributed by atoms with Crippen LogP contribution in [0.5, 0.6) is 11.5 Å². The smallest absolute Gasteiger partial charge is 0.282 e. The Kier molecular flexibility index (Phi) is 4.99. The molecule has 158 valence electrons. The highest BCUT2D eigenvalue weighted by molar-refractivity contribution is 9.10. The summed E-state index contributed by atoms with van der Waals surface area (Å²) in [6.07, 6.45) is 1.39. The quantitative estimate of drug-likeness (QED) is 0.351. The van der Waals surface area contributed by atoms with Crippen molar-refractivity contribution in [2.45, 2.75) is 0 Å². The van der Waals surface area contributed by atoms with Gasteiger partial charge in [0, 0.05) is 15.4 Å². The number of furan rings is 1. The number of benzene rings is 3. The number of rotatable bonds is 4. The maximum absolute atomic E-state index is 13.3. The van der Waals surface area contributed by atoms with Crippen molar-refractivity contribution in [2.24, 2.45) is 5.10 Å². The van der Waals surface area contributed by atoms with Crippen molar-refractivity contribution in [1.29, 1.82) is 0 Å². The molecule has 5 aromatic rings. The topological polar surface area (TPSA) is 89.9 Å². The number of para-hydroxylation sites is 2. The molecule has 0 aliphatic carbocycles. The lowest BCUT2D eigenvalue weighted by Gasteiger charge is -2.08. The molecular formula is C24H16BrN3O4. The lowest BCUT2D eigenvalue weighted by molar-refractivity contribution is 0.373. The lowest BCUT2D eigenvalue weighted by Crippen LogP contribution is -2.20. The Labute approximate surface area is 190 Å². The fourth-order valence-corrected chi connectivity index (χ4v) is 3.82. The standard InChI is InChI=1S/C24H16BrN3O4/c1-31-20-8-4-5-14(22(20)29)13-26-28-23(27-18-7-3-2-6-17(18)24(28)30)21-12-15-11-16(25)9-10-19(15)32-21/h2-13,29H,1H3. The molecule has 0 spiro atoms. The normalized spacial score (nSPS) is 11.6. The summed E-state index contributed by atoms with van der Waals surface area (Å²) in [6.45, 7) is 0. The molecule has 0 bridgehead atoms. The highest BCUT2D eigenvalue weighted by Gasteiger charge is 2.17. The van der Waals surface area contributed by atoms with Crippen molar-refractivity contribution in [1.82, 2.24) is 9.66 Å². The zero-order valence-electron chi connectivity index (χ0n) is 16.8. The van der Waals surface area contributed by atoms with E-state index in [-0.39, 0.29) is 17.1 Å². The van der Waals surface area contributed by atoms with Crippen LogP contribution >= 0.6 is 15.9 Å². The van der Waals surface area contributed by atoms with E-state index < -0.39 is 0 Å². The zero-order chi connectivity index (χ0) is 22.2. The molecular weight excluding hydrogens is 474 g/mol. The Morgan fingerprint density at radius 1 is 1.12 bits per heavy atom. The third-order valence-corrected chi connectivity index (χ3v) is 5.51. The van der Waals surface area contributed by atoms with E-state index in [2.05, 4.69) is 26.0 Å². The third kappa shape index (κ3) is 3.44. The second kappa shape index (κ2) is 7.97. The van der Waals surface area contributed by atoms with Crippen LogP contribution in [-0.4, -0.2) is 28.1 Å². The summed E-state index contributed by atoms with van der Waals surface area (Å²) in [5.74, 6) is 0.879. The number of ether oxygens (including phenoxy) is 1. The molecule has 0 aliphatic rings. The molecule has 0 saturated carbocycles. The SMILES string of the molecule is COc1cccc(C=Nn2c(-c3cc4cc(Br)ccc4o3)nc3ccccc3c2=O)c1O. The van der Waals surface area contributed by atoms with Gasteiger partial charge in [0.25, 0.3) is 5.56 Å². The van der Waals surface area contributed by atoms with Gasteiger partial charge >= 0.3 is 0 Å². The first kappa shape index (κ1) is 20.0. The van der Waals surface area contributed by atoms with E-state index in [9.17, 15) is 9.90 Å². The van der Waals surface area contributed by atoms with Crippen LogP contribution in [0.3, 0.4) is 0 Å². The van der Waals surface area contributed by atoms with Crippen molar-refractivity contribution in [3.8, 4) is 23.1 Å². The van der Waals surface area contributed by atoms with Crippen LogP contribution in [-0.2, 0) is 0 Å². The van der Waals surface area contributed by atoms with Gasteiger partial charge in [-0.15, -0.1) is 0 Å². The molecule has 5 rings (SSSR count). The number of hydrogen-bond acceptors (Lipinski definition) is 6. The largest absolute Gasteiger partial charge is 0.504 e. The minimum atomic E-state index is -0.356. The van der Waals surface area contributed by atoms with E-state index >= 15 is 0 Å². The first-order chi connectivity index (χ1) is 15.5. The Morgan fingerprint density at radius 2 is 1.97 bits per heavy atom. The fourth-order valence-electron chi connectivity index (χ4n) is 3.44. The number of phenols is 1. The monoisotopic (exact) mass is 489 g/mol. The average Bonchev–Trinajstić information content (AvgIpc) is 3.22. The number of hydrogen-bond donors (Lipinski definition) is 1. The van der Waals surface area contributed by atoms with E-state index in [1.165, 1.54) is 18.0 Å². The molecule has 2 heterocycles. The first-order valence-corrected chi connectivity index (χ1v) is 10.5. The number of halogens is 1. The summed E-state index contributed by atoms with van der Waals surface area (Å²) in [5, 5.41) is 16.0. The third-order valence-electron chi connectivity index (χ3n) is 5.01. The number of aromatic hydroxyl groups is 1. The van der Waals surface area contributed by atoms with Crippen molar-refractivity contribution in [2.75, 3.05) is 7.11 Å². The van der Waals surface area contributed by atoms with Crippen molar-refractivity contribution in [3.63, 3.8) is 0 Å². The van der Waals surface area contributed by atoms with Gasteiger partial charge in [-0.25, -0.2) is 4.98 Å². The van der Waals surface area contributed by atoms with E-state index in [0.717, 1.165) is 9.86 Å². The van der Waals surface area contributed by atoms with Gasteiger partial charge in [-0.2, -0.15) is 9.78 Å². The zero-order valence-corrected chi connectivity index (χ0v) is 18.4. The molecule has 3 aromatic carbocycles. The summed E-state index contributed by atoms with van der Waals surface area (Å²) < 4.78 is 13.2. The van der Waals surface area contributed by atoms with E-state index in [0.29, 0.717) is 33.6 Å². The van der Waals surface area contributed by atoms with Crippen LogP contribution in [0.15, 0.2) is 85.5 Å². The number of methoxy groups -OCH3 is 1. The maximum Gasteiger partial charge on any atom is 0.282 e. The molecule has 32 heavy (non-hydrogen) atoms. The van der Waals surface area contributed by atoms with Gasteiger partial charge in [0.1, 0.15) is 5.58 Å². The fraction of sp³-hybridized carbons (Fsp3) is 0.0417. The average molecular weight is 490 g/mol. The number of aromatic nitrogens is 2. The van der Waals surface area contributed by atoms with Crippen LogP contribution in [0.25, 0.3) is 33.5 Å². The number of nitrogens with zero attached hydrogens (tertiary/aromatic N) is 3. The molecule has 2 aromatic heterocycles. The summed E-state index contributed by atoms with van der Waals surface area (Å²) in [6, 6.07) is 19.5. The van der Waals surface area contributed by atoms with Crippen LogP contribution in [0.2, 0.25) is 0 Å². The summed E-state index contributed by atoms with van der Waals surface area (Å²) in [5.41, 5.74) is 1.23. The van der Waals surface area contributed by atoms with Crippen LogP contribution in [0.4, 0.5) is 0 Å².